The van der Waals surface area contributed by atoms with Gasteiger partial charge in [-0.25, -0.2) is 0 Å². The highest BCUT2D eigenvalue weighted by Gasteiger charge is 2.07. The third-order valence-corrected chi connectivity index (χ3v) is 3.46. The van der Waals surface area contributed by atoms with Gasteiger partial charge in [-0.2, -0.15) is 0 Å². The predicted molar refractivity (Wildman–Crippen MR) is 88.6 cm³/mol. The van der Waals surface area contributed by atoms with Crippen molar-refractivity contribution in [1.29, 1.82) is 0 Å². The SMILES string of the molecule is COc1ccc(CCN)cc1-c1ccc(CN(C)C)cc1. The van der Waals surface area contributed by atoms with Crippen LogP contribution in [0.4, 0.5) is 0 Å². The van der Waals surface area contributed by atoms with Crippen LogP contribution >= 0.6 is 0 Å². The zero-order valence-electron chi connectivity index (χ0n) is 13.1. The second kappa shape index (κ2) is 7.25. The fourth-order valence-electron chi connectivity index (χ4n) is 2.46. The van der Waals surface area contributed by atoms with Gasteiger partial charge in [0.15, 0.2) is 0 Å². The van der Waals surface area contributed by atoms with Crippen molar-refractivity contribution < 1.29 is 4.74 Å². The summed E-state index contributed by atoms with van der Waals surface area (Å²) in [6.07, 6.45) is 0.885. The Labute approximate surface area is 127 Å². The molecule has 112 valence electrons. The topological polar surface area (TPSA) is 38.5 Å². The molecule has 0 radical (unpaired) electrons. The van der Waals surface area contributed by atoms with Gasteiger partial charge in [-0.15, -0.1) is 0 Å². The Balaban J connectivity index is 2.33. The fourth-order valence-corrected chi connectivity index (χ4v) is 2.46. The van der Waals surface area contributed by atoms with E-state index in [0.29, 0.717) is 6.54 Å². The van der Waals surface area contributed by atoms with Crippen molar-refractivity contribution >= 4 is 0 Å². The molecule has 0 unspecified atom stereocenters. The molecule has 21 heavy (non-hydrogen) atoms. The Morgan fingerprint density at radius 1 is 1.00 bits per heavy atom. The minimum atomic E-state index is 0.660. The van der Waals surface area contributed by atoms with Gasteiger partial charge in [-0.1, -0.05) is 30.3 Å². The molecule has 0 saturated heterocycles. The summed E-state index contributed by atoms with van der Waals surface area (Å²) in [7, 11) is 5.86. The smallest absolute Gasteiger partial charge is 0.126 e. The maximum Gasteiger partial charge on any atom is 0.126 e. The van der Waals surface area contributed by atoms with Gasteiger partial charge in [0.2, 0.25) is 0 Å². The Hall–Kier alpha value is -1.84. The number of hydrogen-bond acceptors (Lipinski definition) is 3. The summed E-state index contributed by atoms with van der Waals surface area (Å²) in [5.41, 5.74) is 10.5. The van der Waals surface area contributed by atoms with Gasteiger partial charge in [-0.05, 0) is 55.9 Å². The zero-order chi connectivity index (χ0) is 15.2. The molecule has 0 aromatic heterocycles. The predicted octanol–water partition coefficient (Wildman–Crippen LogP) is 2.93. The lowest BCUT2D eigenvalue weighted by Gasteiger charge is -2.13. The Kier molecular flexibility index (Phi) is 5.37. The van der Waals surface area contributed by atoms with Crippen LogP contribution < -0.4 is 10.5 Å². The van der Waals surface area contributed by atoms with Gasteiger partial charge >= 0.3 is 0 Å². The summed E-state index contributed by atoms with van der Waals surface area (Å²) in [6.45, 7) is 1.61. The molecule has 0 aliphatic carbocycles. The van der Waals surface area contributed by atoms with Crippen molar-refractivity contribution in [3.63, 3.8) is 0 Å². The Morgan fingerprint density at radius 2 is 1.67 bits per heavy atom. The van der Waals surface area contributed by atoms with Crippen molar-refractivity contribution in [2.75, 3.05) is 27.7 Å². The van der Waals surface area contributed by atoms with Gasteiger partial charge in [0, 0.05) is 12.1 Å². The number of rotatable bonds is 6. The summed E-state index contributed by atoms with van der Waals surface area (Å²) in [6, 6.07) is 14.9. The van der Waals surface area contributed by atoms with Crippen LogP contribution in [0.2, 0.25) is 0 Å². The standard InChI is InChI=1S/C18H24N2O/c1-20(2)13-15-4-7-16(8-5-15)17-12-14(10-11-19)6-9-18(17)21-3/h4-9,12H,10-11,13,19H2,1-3H3. The van der Waals surface area contributed by atoms with E-state index < -0.39 is 0 Å². The number of ether oxygens (including phenoxy) is 1. The largest absolute Gasteiger partial charge is 0.496 e. The normalized spacial score (nSPS) is 10.9. The Bertz CT molecular complexity index is 576. The highest BCUT2D eigenvalue weighted by molar-refractivity contribution is 5.71. The van der Waals surface area contributed by atoms with E-state index in [1.165, 1.54) is 16.7 Å². The van der Waals surface area contributed by atoms with Crippen molar-refractivity contribution in [3.05, 3.63) is 53.6 Å². The third kappa shape index (κ3) is 4.06. The lowest BCUT2D eigenvalue weighted by Crippen LogP contribution is -2.10. The number of methoxy groups -OCH3 is 1. The number of benzene rings is 2. The van der Waals surface area contributed by atoms with E-state index in [9.17, 15) is 0 Å². The number of nitrogens with two attached hydrogens (primary N) is 1. The van der Waals surface area contributed by atoms with Gasteiger partial charge in [0.05, 0.1) is 7.11 Å². The first-order valence-electron chi connectivity index (χ1n) is 7.25. The molecule has 0 aliphatic heterocycles. The number of hydrogen-bond donors (Lipinski definition) is 1. The monoisotopic (exact) mass is 284 g/mol. The van der Waals surface area contributed by atoms with Crippen LogP contribution in [0.1, 0.15) is 11.1 Å². The van der Waals surface area contributed by atoms with Crippen molar-refractivity contribution in [3.8, 4) is 16.9 Å². The molecule has 0 aliphatic rings. The van der Waals surface area contributed by atoms with Crippen LogP contribution in [0.25, 0.3) is 11.1 Å². The van der Waals surface area contributed by atoms with Crippen molar-refractivity contribution in [2.24, 2.45) is 5.73 Å². The second-order valence-electron chi connectivity index (χ2n) is 5.51. The van der Waals surface area contributed by atoms with Crippen molar-refractivity contribution in [2.45, 2.75) is 13.0 Å². The summed E-state index contributed by atoms with van der Waals surface area (Å²) in [5.74, 6) is 0.899. The third-order valence-electron chi connectivity index (χ3n) is 3.46. The molecule has 0 heterocycles. The minimum absolute atomic E-state index is 0.660. The molecule has 0 atom stereocenters. The number of nitrogens with zero attached hydrogens (tertiary/aromatic N) is 1. The molecule has 0 bridgehead atoms. The molecular weight excluding hydrogens is 260 g/mol. The molecule has 3 heteroatoms. The van der Waals surface area contributed by atoms with E-state index in [1.807, 2.05) is 6.07 Å². The molecule has 0 saturated carbocycles. The van der Waals surface area contributed by atoms with Crippen LogP contribution in [0.5, 0.6) is 5.75 Å². The summed E-state index contributed by atoms with van der Waals surface area (Å²) in [4.78, 5) is 2.16. The first kappa shape index (κ1) is 15.5. The first-order chi connectivity index (χ1) is 10.1. The van der Waals surface area contributed by atoms with E-state index in [0.717, 1.165) is 24.3 Å². The molecule has 2 aromatic rings. The molecule has 0 amide bonds. The van der Waals surface area contributed by atoms with E-state index in [-0.39, 0.29) is 0 Å². The summed E-state index contributed by atoms with van der Waals surface area (Å²) in [5, 5.41) is 0. The lowest BCUT2D eigenvalue weighted by molar-refractivity contribution is 0.402. The summed E-state index contributed by atoms with van der Waals surface area (Å²) >= 11 is 0. The lowest BCUT2D eigenvalue weighted by atomic mass is 9.99. The van der Waals surface area contributed by atoms with E-state index in [4.69, 9.17) is 10.5 Å². The van der Waals surface area contributed by atoms with Crippen LogP contribution in [-0.4, -0.2) is 32.6 Å². The maximum absolute atomic E-state index is 5.65. The quantitative estimate of drug-likeness (QED) is 0.886. The van der Waals surface area contributed by atoms with Gasteiger partial charge in [0.1, 0.15) is 5.75 Å². The first-order valence-corrected chi connectivity index (χ1v) is 7.25. The molecule has 0 fully saturated rings. The molecular formula is C18H24N2O. The molecule has 2 rings (SSSR count). The van der Waals surface area contributed by atoms with E-state index in [2.05, 4.69) is 55.4 Å². The second-order valence-corrected chi connectivity index (χ2v) is 5.51. The van der Waals surface area contributed by atoms with Crippen LogP contribution in [0, 0.1) is 0 Å². The molecule has 2 aromatic carbocycles. The van der Waals surface area contributed by atoms with Crippen molar-refractivity contribution in [1.82, 2.24) is 4.90 Å². The van der Waals surface area contributed by atoms with Crippen LogP contribution in [0.3, 0.4) is 0 Å². The fraction of sp³-hybridized carbons (Fsp3) is 0.333. The van der Waals surface area contributed by atoms with E-state index in [1.54, 1.807) is 7.11 Å². The van der Waals surface area contributed by atoms with Crippen LogP contribution in [-0.2, 0) is 13.0 Å². The summed E-state index contributed by atoms with van der Waals surface area (Å²) < 4.78 is 5.49. The minimum Gasteiger partial charge on any atom is -0.496 e. The van der Waals surface area contributed by atoms with Gasteiger partial charge in [-0.3, -0.25) is 0 Å². The highest BCUT2D eigenvalue weighted by atomic mass is 16.5. The molecule has 2 N–H and O–H groups in total. The van der Waals surface area contributed by atoms with Gasteiger partial charge in [0.25, 0.3) is 0 Å². The molecule has 3 nitrogen and oxygen atoms in total. The zero-order valence-corrected chi connectivity index (χ0v) is 13.1. The average Bonchev–Trinajstić information content (AvgIpc) is 2.48. The van der Waals surface area contributed by atoms with Gasteiger partial charge < -0.3 is 15.4 Å². The van der Waals surface area contributed by atoms with Crippen LogP contribution in [0.15, 0.2) is 42.5 Å². The highest BCUT2D eigenvalue weighted by Crippen LogP contribution is 2.31. The molecule has 0 spiro atoms. The average molecular weight is 284 g/mol. The maximum atomic E-state index is 5.65. The van der Waals surface area contributed by atoms with E-state index >= 15 is 0 Å². The Morgan fingerprint density at radius 3 is 2.24 bits per heavy atom.